The minimum atomic E-state index is -0.140. The number of carbonyl (C=O) groups excluding carboxylic acids is 1. The summed E-state index contributed by atoms with van der Waals surface area (Å²) < 4.78 is 0. The number of hydrogen-bond donors (Lipinski definition) is 0. The van der Waals surface area contributed by atoms with Gasteiger partial charge in [0.2, 0.25) is 0 Å². The number of piperazine rings is 1. The summed E-state index contributed by atoms with van der Waals surface area (Å²) in [6.07, 6.45) is 1.68. The topological polar surface area (TPSA) is 49.3 Å². The highest BCUT2D eigenvalue weighted by molar-refractivity contribution is 5.92. The summed E-state index contributed by atoms with van der Waals surface area (Å²) >= 11 is 0. The first-order chi connectivity index (χ1) is 8.88. The minimum absolute atomic E-state index is 0.0148. The van der Waals surface area contributed by atoms with E-state index in [2.05, 4.69) is 21.9 Å². The molecule has 0 unspecified atom stereocenters. The number of amides is 1. The average molecular weight is 262 g/mol. The highest BCUT2D eigenvalue weighted by Gasteiger charge is 2.23. The van der Waals surface area contributed by atoms with Gasteiger partial charge in [-0.15, -0.1) is 0 Å². The second-order valence-electron chi connectivity index (χ2n) is 6.11. The molecule has 19 heavy (non-hydrogen) atoms. The molecule has 0 bridgehead atoms. The van der Waals surface area contributed by atoms with E-state index < -0.39 is 0 Å². The quantitative estimate of drug-likeness (QED) is 0.762. The number of likely N-dealkylation sites (N-methyl/N-ethyl adjacent to an activating group) is 1. The molecule has 0 radical (unpaired) electrons. The van der Waals surface area contributed by atoms with Crippen molar-refractivity contribution in [3.63, 3.8) is 0 Å². The molecule has 2 rings (SSSR count). The predicted molar refractivity (Wildman–Crippen MR) is 74.1 cm³/mol. The van der Waals surface area contributed by atoms with Crippen molar-refractivity contribution in [2.45, 2.75) is 26.2 Å². The molecule has 1 aromatic rings. The fourth-order valence-corrected chi connectivity index (χ4v) is 2.01. The highest BCUT2D eigenvalue weighted by atomic mass is 16.2. The Hall–Kier alpha value is -1.49. The molecule has 5 nitrogen and oxygen atoms in total. The lowest BCUT2D eigenvalue weighted by atomic mass is 9.95. The largest absolute Gasteiger partial charge is 0.335 e. The van der Waals surface area contributed by atoms with Crippen LogP contribution in [-0.2, 0) is 5.41 Å². The fraction of sp³-hybridized carbons (Fsp3) is 0.643. The van der Waals surface area contributed by atoms with E-state index >= 15 is 0 Å². The van der Waals surface area contributed by atoms with Crippen LogP contribution in [0, 0.1) is 0 Å². The number of carbonyl (C=O) groups is 1. The Morgan fingerprint density at radius 2 is 1.84 bits per heavy atom. The number of nitrogens with zero attached hydrogens (tertiary/aromatic N) is 4. The van der Waals surface area contributed by atoms with Gasteiger partial charge in [0.25, 0.3) is 5.91 Å². The Morgan fingerprint density at radius 3 is 2.42 bits per heavy atom. The van der Waals surface area contributed by atoms with Gasteiger partial charge in [-0.1, -0.05) is 20.8 Å². The summed E-state index contributed by atoms with van der Waals surface area (Å²) in [6.45, 7) is 9.52. The molecule has 0 N–H and O–H groups in total. The molecule has 104 valence electrons. The zero-order valence-electron chi connectivity index (χ0n) is 12.2. The monoisotopic (exact) mass is 262 g/mol. The molecule has 0 atom stereocenters. The van der Waals surface area contributed by atoms with Gasteiger partial charge in [0.15, 0.2) is 0 Å². The maximum Gasteiger partial charge on any atom is 0.272 e. The van der Waals surface area contributed by atoms with Gasteiger partial charge in [0.1, 0.15) is 11.5 Å². The lowest BCUT2D eigenvalue weighted by molar-refractivity contribution is 0.0657. The lowest BCUT2D eigenvalue weighted by Gasteiger charge is -2.32. The van der Waals surface area contributed by atoms with Crippen LogP contribution in [0.2, 0.25) is 0 Å². The van der Waals surface area contributed by atoms with E-state index in [0.29, 0.717) is 11.5 Å². The normalized spacial score (nSPS) is 17.6. The molecule has 1 aromatic heterocycles. The SMILES string of the molecule is CN1CCN(C(=O)c2ccnc(C(C)(C)C)n2)CC1. The molecule has 1 aliphatic heterocycles. The predicted octanol–water partition coefficient (Wildman–Crippen LogP) is 1.16. The summed E-state index contributed by atoms with van der Waals surface area (Å²) in [5.74, 6) is 0.730. The molecule has 0 aliphatic carbocycles. The van der Waals surface area contributed by atoms with Crippen LogP contribution in [-0.4, -0.2) is 58.9 Å². The Labute approximate surface area is 114 Å². The van der Waals surface area contributed by atoms with Crippen LogP contribution in [0.25, 0.3) is 0 Å². The van der Waals surface area contributed by atoms with Crippen molar-refractivity contribution in [2.24, 2.45) is 0 Å². The fourth-order valence-electron chi connectivity index (χ4n) is 2.01. The van der Waals surface area contributed by atoms with Crippen LogP contribution in [0.4, 0.5) is 0 Å². The Balaban J connectivity index is 2.15. The molecule has 5 heteroatoms. The van der Waals surface area contributed by atoms with E-state index in [0.717, 1.165) is 26.2 Å². The van der Waals surface area contributed by atoms with Crippen LogP contribution in [0.15, 0.2) is 12.3 Å². The Bertz CT molecular complexity index is 459. The molecule has 1 aliphatic rings. The lowest BCUT2D eigenvalue weighted by Crippen LogP contribution is -2.47. The summed E-state index contributed by atoms with van der Waals surface area (Å²) in [5, 5.41) is 0. The van der Waals surface area contributed by atoms with Crippen LogP contribution in [0.3, 0.4) is 0 Å². The minimum Gasteiger partial charge on any atom is -0.335 e. The van der Waals surface area contributed by atoms with Gasteiger partial charge in [-0.2, -0.15) is 0 Å². The van der Waals surface area contributed by atoms with E-state index in [-0.39, 0.29) is 11.3 Å². The first-order valence-corrected chi connectivity index (χ1v) is 6.69. The second kappa shape index (κ2) is 5.25. The molecular weight excluding hydrogens is 240 g/mol. The van der Waals surface area contributed by atoms with Crippen molar-refractivity contribution in [3.05, 3.63) is 23.8 Å². The molecule has 1 amide bonds. The van der Waals surface area contributed by atoms with Gasteiger partial charge in [0.05, 0.1) is 0 Å². The molecule has 1 fully saturated rings. The third-order valence-corrected chi connectivity index (χ3v) is 3.34. The van der Waals surface area contributed by atoms with Crippen molar-refractivity contribution in [1.82, 2.24) is 19.8 Å². The first-order valence-electron chi connectivity index (χ1n) is 6.69. The maximum absolute atomic E-state index is 12.4. The van der Waals surface area contributed by atoms with E-state index in [1.54, 1.807) is 12.3 Å². The van der Waals surface area contributed by atoms with Crippen molar-refractivity contribution < 1.29 is 4.79 Å². The highest BCUT2D eigenvalue weighted by Crippen LogP contribution is 2.18. The van der Waals surface area contributed by atoms with Crippen molar-refractivity contribution in [1.29, 1.82) is 0 Å². The third-order valence-electron chi connectivity index (χ3n) is 3.34. The van der Waals surface area contributed by atoms with Gasteiger partial charge in [-0.3, -0.25) is 4.79 Å². The molecule has 0 aromatic carbocycles. The standard InChI is InChI=1S/C14H22N4O/c1-14(2,3)13-15-6-5-11(16-13)12(19)18-9-7-17(4)8-10-18/h5-6H,7-10H2,1-4H3. The van der Waals surface area contributed by atoms with Crippen molar-refractivity contribution >= 4 is 5.91 Å². The molecule has 1 saturated heterocycles. The number of rotatable bonds is 1. The van der Waals surface area contributed by atoms with Crippen molar-refractivity contribution in [3.8, 4) is 0 Å². The van der Waals surface area contributed by atoms with Gasteiger partial charge in [-0.05, 0) is 13.1 Å². The summed E-state index contributed by atoms with van der Waals surface area (Å²) in [5.41, 5.74) is 0.364. The van der Waals surface area contributed by atoms with E-state index in [9.17, 15) is 4.79 Å². The third kappa shape index (κ3) is 3.29. The zero-order valence-corrected chi connectivity index (χ0v) is 12.2. The second-order valence-corrected chi connectivity index (χ2v) is 6.11. The molecular formula is C14H22N4O. The first kappa shape index (κ1) is 13.9. The summed E-state index contributed by atoms with van der Waals surface area (Å²) in [6, 6.07) is 1.70. The molecule has 2 heterocycles. The van der Waals surface area contributed by atoms with Crippen LogP contribution >= 0.6 is 0 Å². The van der Waals surface area contributed by atoms with Gasteiger partial charge < -0.3 is 9.80 Å². The van der Waals surface area contributed by atoms with E-state index in [1.807, 2.05) is 25.7 Å². The van der Waals surface area contributed by atoms with Gasteiger partial charge in [-0.25, -0.2) is 9.97 Å². The molecule has 0 saturated carbocycles. The Kier molecular flexibility index (Phi) is 3.85. The van der Waals surface area contributed by atoms with Crippen LogP contribution in [0.5, 0.6) is 0 Å². The van der Waals surface area contributed by atoms with Crippen molar-refractivity contribution in [2.75, 3.05) is 33.2 Å². The zero-order chi connectivity index (χ0) is 14.0. The van der Waals surface area contributed by atoms with E-state index in [4.69, 9.17) is 0 Å². The maximum atomic E-state index is 12.4. The number of aromatic nitrogens is 2. The Morgan fingerprint density at radius 1 is 1.21 bits per heavy atom. The summed E-state index contributed by atoms with van der Waals surface area (Å²) in [4.78, 5) is 25.2. The van der Waals surface area contributed by atoms with E-state index in [1.165, 1.54) is 0 Å². The summed E-state index contributed by atoms with van der Waals surface area (Å²) in [7, 11) is 2.07. The van der Waals surface area contributed by atoms with Gasteiger partial charge in [0, 0.05) is 37.8 Å². The van der Waals surface area contributed by atoms with Gasteiger partial charge >= 0.3 is 0 Å². The average Bonchev–Trinajstić information content (AvgIpc) is 2.38. The molecule has 0 spiro atoms. The smallest absolute Gasteiger partial charge is 0.272 e. The van der Waals surface area contributed by atoms with Crippen LogP contribution in [0.1, 0.15) is 37.1 Å². The number of hydrogen-bond acceptors (Lipinski definition) is 4. The van der Waals surface area contributed by atoms with Crippen LogP contribution < -0.4 is 0 Å².